The summed E-state index contributed by atoms with van der Waals surface area (Å²) in [5.74, 6) is 0. The zero-order valence-corrected chi connectivity index (χ0v) is 5.64. The molecule has 0 aliphatic rings. The second-order valence-electron chi connectivity index (χ2n) is 1.31. The first-order chi connectivity index (χ1) is 2.81. The molecule has 0 aromatic heterocycles. The summed E-state index contributed by atoms with van der Waals surface area (Å²) in [6.07, 6.45) is 1.16. The van der Waals surface area contributed by atoms with Crippen LogP contribution in [0.5, 0.6) is 0 Å². The lowest BCUT2D eigenvalue weighted by Gasteiger charge is -1.95. The summed E-state index contributed by atoms with van der Waals surface area (Å²) in [7, 11) is 6.77. The van der Waals surface area contributed by atoms with Crippen LogP contribution in [0.2, 0.25) is 0 Å². The van der Waals surface area contributed by atoms with Gasteiger partial charge in [-0.25, -0.2) is 0 Å². The molecule has 38 valence electrons. The Balaban J connectivity index is 2.75. The van der Waals surface area contributed by atoms with Crippen molar-refractivity contribution in [1.29, 1.82) is 0 Å². The van der Waals surface area contributed by atoms with Gasteiger partial charge in [-0.1, -0.05) is 24.8 Å². The minimum Gasteiger partial charge on any atom is -0.0643 e. The molecule has 0 N–H and O–H groups in total. The maximum absolute atomic E-state index is 5.37. The van der Waals surface area contributed by atoms with Crippen molar-refractivity contribution in [2.45, 2.75) is 25.5 Å². The molecule has 0 fully saturated rings. The molecule has 6 heavy (non-hydrogen) atoms. The maximum atomic E-state index is 5.37. The van der Waals surface area contributed by atoms with E-state index in [0.29, 0.717) is 5.25 Å². The second-order valence-corrected chi connectivity index (χ2v) is 2.83. The van der Waals surface area contributed by atoms with Crippen molar-refractivity contribution in [3.63, 3.8) is 0 Å². The monoisotopic (exact) mass is 124 g/mol. The zero-order valence-electron chi connectivity index (χ0n) is 4.07. The largest absolute Gasteiger partial charge is 0.0643 e. The number of rotatable bonds is 2. The van der Waals surface area contributed by atoms with E-state index < -0.39 is 0 Å². The van der Waals surface area contributed by atoms with Gasteiger partial charge in [0, 0.05) is 5.25 Å². The summed E-state index contributed by atoms with van der Waals surface area (Å²) in [4.78, 5) is 0. The van der Waals surface area contributed by atoms with E-state index in [9.17, 15) is 0 Å². The Morgan fingerprint density at radius 2 is 2.33 bits per heavy atom. The number of halogens is 1. The summed E-state index contributed by atoms with van der Waals surface area (Å²) in [6, 6.07) is 0. The van der Waals surface area contributed by atoms with Crippen LogP contribution < -0.4 is 0 Å². The van der Waals surface area contributed by atoms with Crippen LogP contribution in [-0.2, 0) is 0 Å². The minimum atomic E-state index is 0.617. The lowest BCUT2D eigenvalue weighted by molar-refractivity contribution is 0.912. The maximum Gasteiger partial charge on any atom is 0.0168 e. The zero-order chi connectivity index (χ0) is 4.99. The van der Waals surface area contributed by atoms with Crippen LogP contribution in [0.3, 0.4) is 0 Å². The van der Waals surface area contributed by atoms with E-state index >= 15 is 0 Å². The van der Waals surface area contributed by atoms with Gasteiger partial charge in [-0.05, 0) is 17.1 Å². The van der Waals surface area contributed by atoms with Gasteiger partial charge in [0.15, 0.2) is 0 Å². The van der Waals surface area contributed by atoms with Gasteiger partial charge in [0.25, 0.3) is 0 Å². The van der Waals surface area contributed by atoms with Gasteiger partial charge in [-0.15, -0.1) is 0 Å². The van der Waals surface area contributed by atoms with Crippen molar-refractivity contribution in [3.8, 4) is 0 Å². The lowest BCUT2D eigenvalue weighted by Crippen LogP contribution is -1.85. The highest BCUT2D eigenvalue weighted by molar-refractivity contribution is 8.21. The molecule has 0 aliphatic heterocycles. The molecule has 0 aromatic rings. The smallest absolute Gasteiger partial charge is 0.0168 e. The molecule has 0 rings (SSSR count). The van der Waals surface area contributed by atoms with Crippen LogP contribution >= 0.6 is 21.7 Å². The first kappa shape index (κ1) is 6.64. The van der Waals surface area contributed by atoms with E-state index in [-0.39, 0.29) is 0 Å². The highest BCUT2D eigenvalue weighted by atomic mass is 35.7. The Labute approximate surface area is 47.8 Å². The third-order valence-corrected chi connectivity index (χ3v) is 2.28. The van der Waals surface area contributed by atoms with Gasteiger partial charge in [0.05, 0.1) is 0 Å². The molecular weight excluding hydrogens is 116 g/mol. The SMILES string of the molecule is CC[C@H](C)SCl. The van der Waals surface area contributed by atoms with E-state index in [4.69, 9.17) is 10.7 Å². The van der Waals surface area contributed by atoms with Crippen molar-refractivity contribution in [2.75, 3.05) is 0 Å². The molecule has 0 nitrogen and oxygen atoms in total. The highest BCUT2D eigenvalue weighted by Gasteiger charge is 1.91. The van der Waals surface area contributed by atoms with Gasteiger partial charge in [-0.2, -0.15) is 0 Å². The van der Waals surface area contributed by atoms with E-state index in [0.717, 1.165) is 6.42 Å². The molecule has 2 heteroatoms. The normalized spacial score (nSPS) is 14.5. The van der Waals surface area contributed by atoms with Crippen LogP contribution in [-0.4, -0.2) is 5.25 Å². The van der Waals surface area contributed by atoms with Crippen molar-refractivity contribution >= 4 is 21.7 Å². The van der Waals surface area contributed by atoms with Crippen LogP contribution in [0.4, 0.5) is 0 Å². The standard InChI is InChI=1S/C4H9ClS/c1-3-4(2)6-5/h4H,3H2,1-2H3/t4-/m0/s1. The van der Waals surface area contributed by atoms with Crippen molar-refractivity contribution in [1.82, 2.24) is 0 Å². The van der Waals surface area contributed by atoms with E-state index in [1.165, 1.54) is 11.0 Å². The van der Waals surface area contributed by atoms with Gasteiger partial charge < -0.3 is 0 Å². The quantitative estimate of drug-likeness (QED) is 0.546. The Morgan fingerprint density at radius 3 is 2.33 bits per heavy atom. The van der Waals surface area contributed by atoms with Crippen molar-refractivity contribution < 1.29 is 0 Å². The molecule has 0 heterocycles. The topological polar surface area (TPSA) is 0 Å². The lowest BCUT2D eigenvalue weighted by atomic mass is 10.4. The van der Waals surface area contributed by atoms with Gasteiger partial charge in [-0.3, -0.25) is 0 Å². The Bertz CT molecular complexity index is 26.7. The molecule has 0 aromatic carbocycles. The first-order valence-electron chi connectivity index (χ1n) is 2.08. The van der Waals surface area contributed by atoms with E-state index in [1.807, 2.05) is 0 Å². The van der Waals surface area contributed by atoms with Gasteiger partial charge in [0.2, 0.25) is 0 Å². The molecule has 0 bridgehead atoms. The molecule has 1 atom stereocenters. The molecular formula is C4H9ClS. The predicted molar refractivity (Wildman–Crippen MR) is 33.2 cm³/mol. The molecule has 0 radical (unpaired) electrons. The van der Waals surface area contributed by atoms with Crippen molar-refractivity contribution in [3.05, 3.63) is 0 Å². The van der Waals surface area contributed by atoms with Crippen LogP contribution in [0.1, 0.15) is 20.3 Å². The average molecular weight is 125 g/mol. The molecule has 0 spiro atoms. The fraction of sp³-hybridized carbons (Fsp3) is 1.00. The van der Waals surface area contributed by atoms with Crippen LogP contribution in [0.25, 0.3) is 0 Å². The predicted octanol–water partition coefficient (Wildman–Crippen LogP) is 2.67. The Kier molecular flexibility index (Phi) is 4.22. The molecule has 0 amide bonds. The fourth-order valence-corrected chi connectivity index (χ4v) is 0.567. The highest BCUT2D eigenvalue weighted by Crippen LogP contribution is 2.16. The molecule has 0 aliphatic carbocycles. The summed E-state index contributed by atoms with van der Waals surface area (Å²) < 4.78 is 0. The number of hydrogen-bond donors (Lipinski definition) is 0. The van der Waals surface area contributed by atoms with E-state index in [2.05, 4.69) is 13.8 Å². The minimum absolute atomic E-state index is 0.617. The summed E-state index contributed by atoms with van der Waals surface area (Å²) in [6.45, 7) is 4.23. The van der Waals surface area contributed by atoms with Crippen LogP contribution in [0, 0.1) is 0 Å². The Morgan fingerprint density at radius 1 is 1.83 bits per heavy atom. The molecule has 0 unspecified atom stereocenters. The molecule has 0 saturated carbocycles. The van der Waals surface area contributed by atoms with Crippen LogP contribution in [0.15, 0.2) is 0 Å². The fourth-order valence-electron chi connectivity index (χ4n) is 0.0630. The Hall–Kier alpha value is 0.640. The number of hydrogen-bond acceptors (Lipinski definition) is 1. The molecule has 0 saturated heterocycles. The first-order valence-corrected chi connectivity index (χ1v) is 3.79. The third-order valence-electron chi connectivity index (χ3n) is 0.727. The van der Waals surface area contributed by atoms with Gasteiger partial charge >= 0.3 is 0 Å². The van der Waals surface area contributed by atoms with Crippen molar-refractivity contribution in [2.24, 2.45) is 0 Å². The summed E-state index contributed by atoms with van der Waals surface area (Å²) in [5, 5.41) is 0.617. The average Bonchev–Trinajstić information content (AvgIpc) is 1.65. The van der Waals surface area contributed by atoms with Gasteiger partial charge in [0.1, 0.15) is 0 Å². The van der Waals surface area contributed by atoms with E-state index in [1.54, 1.807) is 0 Å². The summed E-state index contributed by atoms with van der Waals surface area (Å²) in [5.41, 5.74) is 0. The second kappa shape index (κ2) is 3.82. The third kappa shape index (κ3) is 2.86. The summed E-state index contributed by atoms with van der Waals surface area (Å²) >= 11 is 0.